The summed E-state index contributed by atoms with van der Waals surface area (Å²) in [5.74, 6) is 0. The molecule has 0 saturated heterocycles. The molecule has 0 bridgehead atoms. The summed E-state index contributed by atoms with van der Waals surface area (Å²) in [6, 6.07) is 15.0. The van der Waals surface area contributed by atoms with Crippen molar-refractivity contribution in [1.82, 2.24) is 0 Å². The van der Waals surface area contributed by atoms with Gasteiger partial charge in [-0.1, -0.05) is 51.1 Å². The highest BCUT2D eigenvalue weighted by atomic mass is 14.9. The molecule has 2 aromatic rings. The Balaban J connectivity index is 2.30. The first-order valence-corrected chi connectivity index (χ1v) is 7.28. The van der Waals surface area contributed by atoms with Gasteiger partial charge in [0.1, 0.15) is 0 Å². The number of hydrogen-bond acceptors (Lipinski definition) is 1. The number of para-hydroxylation sites is 1. The smallest absolute Gasteiger partial charge is 0.0416 e. The van der Waals surface area contributed by atoms with Gasteiger partial charge in [0.2, 0.25) is 0 Å². The van der Waals surface area contributed by atoms with Crippen molar-refractivity contribution in [1.29, 1.82) is 0 Å². The molecule has 0 aliphatic carbocycles. The van der Waals surface area contributed by atoms with Gasteiger partial charge >= 0.3 is 0 Å². The average molecular weight is 267 g/mol. The zero-order chi connectivity index (χ0) is 14.8. The van der Waals surface area contributed by atoms with Crippen LogP contribution in [-0.2, 0) is 6.42 Å². The number of anilines is 2. The summed E-state index contributed by atoms with van der Waals surface area (Å²) in [6.45, 7) is 11.2. The quantitative estimate of drug-likeness (QED) is 0.759. The molecule has 0 atom stereocenters. The number of rotatable bonds is 3. The van der Waals surface area contributed by atoms with Crippen LogP contribution in [0.15, 0.2) is 42.5 Å². The second kappa shape index (κ2) is 5.70. The molecule has 1 heteroatoms. The third-order valence-electron chi connectivity index (χ3n) is 3.58. The summed E-state index contributed by atoms with van der Waals surface area (Å²) >= 11 is 0. The van der Waals surface area contributed by atoms with Crippen LogP contribution >= 0.6 is 0 Å². The van der Waals surface area contributed by atoms with E-state index in [0.717, 1.165) is 6.42 Å². The van der Waals surface area contributed by atoms with Gasteiger partial charge in [-0.15, -0.1) is 0 Å². The van der Waals surface area contributed by atoms with Crippen LogP contribution in [0.1, 0.15) is 37.5 Å². The molecule has 20 heavy (non-hydrogen) atoms. The molecule has 0 spiro atoms. The molecule has 0 radical (unpaired) electrons. The molecule has 0 heterocycles. The highest BCUT2D eigenvalue weighted by molar-refractivity contribution is 5.66. The SMILES string of the molecule is Cc1ccccc1Nc1cccc(CC(C)(C)C)c1C. The molecule has 0 amide bonds. The predicted molar refractivity (Wildman–Crippen MR) is 88.8 cm³/mol. The molecule has 0 aliphatic rings. The summed E-state index contributed by atoms with van der Waals surface area (Å²) in [6.07, 6.45) is 1.10. The van der Waals surface area contributed by atoms with E-state index in [0.29, 0.717) is 5.41 Å². The van der Waals surface area contributed by atoms with Gasteiger partial charge in [-0.25, -0.2) is 0 Å². The molecule has 0 unspecified atom stereocenters. The first-order valence-electron chi connectivity index (χ1n) is 7.28. The lowest BCUT2D eigenvalue weighted by Gasteiger charge is -2.21. The van der Waals surface area contributed by atoms with E-state index < -0.39 is 0 Å². The Kier molecular flexibility index (Phi) is 4.17. The van der Waals surface area contributed by atoms with Crippen LogP contribution in [0, 0.1) is 19.3 Å². The second-order valence-electron chi connectivity index (χ2n) is 6.77. The molecular formula is C19H25N. The molecule has 106 valence electrons. The minimum Gasteiger partial charge on any atom is -0.355 e. The van der Waals surface area contributed by atoms with Crippen LogP contribution in [-0.4, -0.2) is 0 Å². The zero-order valence-corrected chi connectivity index (χ0v) is 13.2. The lowest BCUT2D eigenvalue weighted by Crippen LogP contribution is -2.10. The van der Waals surface area contributed by atoms with Gasteiger partial charge in [0.25, 0.3) is 0 Å². The normalized spacial score (nSPS) is 11.4. The van der Waals surface area contributed by atoms with Crippen LogP contribution in [0.3, 0.4) is 0 Å². The Morgan fingerprint density at radius 2 is 1.50 bits per heavy atom. The first kappa shape index (κ1) is 14.6. The van der Waals surface area contributed by atoms with Gasteiger partial charge in [-0.05, 0) is 54.5 Å². The van der Waals surface area contributed by atoms with Gasteiger partial charge in [-0.2, -0.15) is 0 Å². The standard InChI is InChI=1S/C19H25N/c1-14-9-6-7-11-17(14)20-18-12-8-10-16(15(18)2)13-19(3,4)5/h6-12,20H,13H2,1-5H3. The Morgan fingerprint density at radius 3 is 2.15 bits per heavy atom. The minimum atomic E-state index is 0.312. The topological polar surface area (TPSA) is 12.0 Å². The van der Waals surface area contributed by atoms with Crippen molar-refractivity contribution in [2.75, 3.05) is 5.32 Å². The lowest BCUT2D eigenvalue weighted by molar-refractivity contribution is 0.410. The number of aryl methyl sites for hydroxylation is 1. The summed E-state index contributed by atoms with van der Waals surface area (Å²) in [5, 5.41) is 3.57. The lowest BCUT2D eigenvalue weighted by atomic mass is 9.86. The fraction of sp³-hybridized carbons (Fsp3) is 0.368. The Morgan fingerprint density at radius 1 is 0.850 bits per heavy atom. The molecule has 2 rings (SSSR count). The van der Waals surface area contributed by atoms with Crippen molar-refractivity contribution < 1.29 is 0 Å². The van der Waals surface area contributed by atoms with E-state index in [1.165, 1.54) is 28.1 Å². The van der Waals surface area contributed by atoms with Crippen LogP contribution in [0.5, 0.6) is 0 Å². The Labute approximate surface area is 123 Å². The van der Waals surface area contributed by atoms with E-state index in [-0.39, 0.29) is 0 Å². The molecule has 0 aliphatic heterocycles. The van der Waals surface area contributed by atoms with Crippen molar-refractivity contribution in [3.63, 3.8) is 0 Å². The zero-order valence-electron chi connectivity index (χ0n) is 13.2. The summed E-state index contributed by atoms with van der Waals surface area (Å²) in [4.78, 5) is 0. The van der Waals surface area contributed by atoms with E-state index in [1.807, 2.05) is 0 Å². The molecule has 2 aromatic carbocycles. The van der Waals surface area contributed by atoms with Crippen LogP contribution in [0.4, 0.5) is 11.4 Å². The maximum atomic E-state index is 3.57. The second-order valence-corrected chi connectivity index (χ2v) is 6.77. The molecule has 0 saturated carbocycles. The van der Waals surface area contributed by atoms with Crippen molar-refractivity contribution in [3.8, 4) is 0 Å². The van der Waals surface area contributed by atoms with Crippen LogP contribution in [0.25, 0.3) is 0 Å². The van der Waals surface area contributed by atoms with Gasteiger partial charge in [0.15, 0.2) is 0 Å². The summed E-state index contributed by atoms with van der Waals surface area (Å²) in [5.41, 5.74) is 6.76. The van der Waals surface area contributed by atoms with Crippen molar-refractivity contribution in [2.24, 2.45) is 5.41 Å². The number of hydrogen-bond donors (Lipinski definition) is 1. The van der Waals surface area contributed by atoms with E-state index in [1.54, 1.807) is 0 Å². The molecular weight excluding hydrogens is 242 g/mol. The molecule has 1 nitrogen and oxygen atoms in total. The van der Waals surface area contributed by atoms with Crippen molar-refractivity contribution in [3.05, 3.63) is 59.2 Å². The number of benzene rings is 2. The highest BCUT2D eigenvalue weighted by Crippen LogP contribution is 2.29. The van der Waals surface area contributed by atoms with Gasteiger partial charge in [0, 0.05) is 11.4 Å². The first-order chi connectivity index (χ1) is 9.37. The van der Waals surface area contributed by atoms with Gasteiger partial charge in [0.05, 0.1) is 0 Å². The molecule has 0 fully saturated rings. The molecule has 1 N–H and O–H groups in total. The Hall–Kier alpha value is -1.76. The minimum absolute atomic E-state index is 0.312. The van der Waals surface area contributed by atoms with Gasteiger partial charge < -0.3 is 5.32 Å². The van der Waals surface area contributed by atoms with Crippen LogP contribution in [0.2, 0.25) is 0 Å². The van der Waals surface area contributed by atoms with Crippen LogP contribution < -0.4 is 5.32 Å². The highest BCUT2D eigenvalue weighted by Gasteiger charge is 2.14. The summed E-state index contributed by atoms with van der Waals surface area (Å²) < 4.78 is 0. The molecule has 0 aromatic heterocycles. The summed E-state index contributed by atoms with van der Waals surface area (Å²) in [7, 11) is 0. The monoisotopic (exact) mass is 267 g/mol. The maximum absolute atomic E-state index is 3.57. The third-order valence-corrected chi connectivity index (χ3v) is 3.58. The fourth-order valence-electron chi connectivity index (χ4n) is 2.44. The van der Waals surface area contributed by atoms with E-state index in [2.05, 4.69) is 82.4 Å². The van der Waals surface area contributed by atoms with E-state index in [4.69, 9.17) is 0 Å². The van der Waals surface area contributed by atoms with Crippen molar-refractivity contribution in [2.45, 2.75) is 41.0 Å². The fourth-order valence-corrected chi connectivity index (χ4v) is 2.44. The maximum Gasteiger partial charge on any atom is 0.0416 e. The predicted octanol–water partition coefficient (Wildman–Crippen LogP) is 5.64. The number of nitrogens with one attached hydrogen (secondary N) is 1. The van der Waals surface area contributed by atoms with Gasteiger partial charge in [-0.3, -0.25) is 0 Å². The van der Waals surface area contributed by atoms with E-state index in [9.17, 15) is 0 Å². The largest absolute Gasteiger partial charge is 0.355 e. The third kappa shape index (κ3) is 3.63. The van der Waals surface area contributed by atoms with E-state index >= 15 is 0 Å². The van der Waals surface area contributed by atoms with Crippen molar-refractivity contribution >= 4 is 11.4 Å². The average Bonchev–Trinajstić information content (AvgIpc) is 2.35. The Bertz CT molecular complexity index is 591.